The van der Waals surface area contributed by atoms with Crippen molar-refractivity contribution in [2.75, 3.05) is 0 Å². The van der Waals surface area contributed by atoms with Crippen molar-refractivity contribution in [3.05, 3.63) is 83.3 Å². The van der Waals surface area contributed by atoms with E-state index in [9.17, 15) is 0 Å². The molecule has 4 rings (SSSR count). The van der Waals surface area contributed by atoms with Crippen LogP contribution in [0.15, 0.2) is 83.3 Å². The second-order valence-electron chi connectivity index (χ2n) is 5.12. The number of para-hydroxylation sites is 2. The first-order valence-electron chi connectivity index (χ1n) is 7.12. The van der Waals surface area contributed by atoms with Crippen LogP contribution in [0.3, 0.4) is 0 Å². The molecule has 22 heavy (non-hydrogen) atoms. The monoisotopic (exact) mass is 348 g/mol. The molecule has 0 atom stereocenters. The van der Waals surface area contributed by atoms with Gasteiger partial charge in [0.1, 0.15) is 5.69 Å². The molecule has 0 aliphatic rings. The van der Waals surface area contributed by atoms with Gasteiger partial charge in [0.05, 0.1) is 11.2 Å². The number of benzene rings is 3. The highest BCUT2D eigenvalue weighted by molar-refractivity contribution is 9.10. The Balaban J connectivity index is 1.99. The molecule has 1 aromatic heterocycles. The lowest BCUT2D eigenvalue weighted by Gasteiger charge is -2.02. The number of nitrogens with zero attached hydrogens (tertiary/aromatic N) is 2. The van der Waals surface area contributed by atoms with Crippen LogP contribution in [0.4, 0.5) is 0 Å². The molecule has 0 aliphatic carbocycles. The summed E-state index contributed by atoms with van der Waals surface area (Å²) in [6, 6.07) is 26.9. The molecule has 0 saturated carbocycles. The van der Waals surface area contributed by atoms with Gasteiger partial charge in [-0.2, -0.15) is 5.10 Å². The van der Waals surface area contributed by atoms with E-state index in [1.165, 1.54) is 0 Å². The van der Waals surface area contributed by atoms with E-state index in [1.807, 2.05) is 35.0 Å². The molecular formula is C19H13BrN2. The van der Waals surface area contributed by atoms with Crippen LogP contribution in [0.5, 0.6) is 0 Å². The largest absolute Gasteiger partial charge is 0.232 e. The molecule has 0 N–H and O–H groups in total. The van der Waals surface area contributed by atoms with E-state index >= 15 is 0 Å². The topological polar surface area (TPSA) is 17.8 Å². The first kappa shape index (κ1) is 13.3. The predicted octanol–water partition coefficient (Wildman–Crippen LogP) is 5.46. The summed E-state index contributed by atoms with van der Waals surface area (Å²) in [6.45, 7) is 0. The molecule has 0 unspecified atom stereocenters. The fourth-order valence-electron chi connectivity index (χ4n) is 2.65. The van der Waals surface area contributed by atoms with E-state index in [2.05, 4.69) is 64.5 Å². The van der Waals surface area contributed by atoms with Crippen molar-refractivity contribution in [3.63, 3.8) is 0 Å². The quantitative estimate of drug-likeness (QED) is 0.470. The summed E-state index contributed by atoms with van der Waals surface area (Å²) in [5.41, 5.74) is 4.31. The summed E-state index contributed by atoms with van der Waals surface area (Å²) in [4.78, 5) is 0. The van der Waals surface area contributed by atoms with Gasteiger partial charge < -0.3 is 0 Å². The molecular weight excluding hydrogens is 336 g/mol. The molecule has 0 fully saturated rings. The lowest BCUT2D eigenvalue weighted by Crippen LogP contribution is -1.95. The Morgan fingerprint density at radius 2 is 1.41 bits per heavy atom. The second-order valence-corrected chi connectivity index (χ2v) is 6.04. The Labute approximate surface area is 137 Å². The van der Waals surface area contributed by atoms with E-state index in [0.29, 0.717) is 0 Å². The zero-order valence-corrected chi connectivity index (χ0v) is 13.4. The third kappa shape index (κ3) is 2.24. The first-order valence-corrected chi connectivity index (χ1v) is 7.91. The number of fused-ring (bicyclic) bond motifs is 1. The minimum atomic E-state index is 1.01. The van der Waals surface area contributed by atoms with Crippen molar-refractivity contribution in [2.24, 2.45) is 0 Å². The van der Waals surface area contributed by atoms with Gasteiger partial charge in [-0.3, -0.25) is 0 Å². The van der Waals surface area contributed by atoms with Gasteiger partial charge in [-0.15, -0.1) is 0 Å². The molecule has 0 spiro atoms. The van der Waals surface area contributed by atoms with Crippen LogP contribution in [-0.4, -0.2) is 9.78 Å². The molecule has 3 aromatic carbocycles. The molecule has 1 heterocycles. The number of hydrogen-bond donors (Lipinski definition) is 0. The molecule has 3 heteroatoms. The van der Waals surface area contributed by atoms with Crippen LogP contribution in [0.2, 0.25) is 0 Å². The highest BCUT2D eigenvalue weighted by atomic mass is 79.9. The van der Waals surface area contributed by atoms with E-state index in [1.54, 1.807) is 0 Å². The van der Waals surface area contributed by atoms with Gasteiger partial charge in [-0.1, -0.05) is 64.5 Å². The molecule has 0 bridgehead atoms. The van der Waals surface area contributed by atoms with Crippen LogP contribution in [0.1, 0.15) is 0 Å². The summed E-state index contributed by atoms with van der Waals surface area (Å²) in [5.74, 6) is 0. The molecule has 0 radical (unpaired) electrons. The van der Waals surface area contributed by atoms with Gasteiger partial charge in [0.15, 0.2) is 0 Å². The average molecular weight is 349 g/mol. The highest BCUT2D eigenvalue weighted by Crippen LogP contribution is 2.30. The summed E-state index contributed by atoms with van der Waals surface area (Å²) in [7, 11) is 0. The van der Waals surface area contributed by atoms with Gasteiger partial charge in [0, 0.05) is 15.4 Å². The molecule has 0 aliphatic heterocycles. The fourth-order valence-corrected chi connectivity index (χ4v) is 2.92. The summed E-state index contributed by atoms with van der Waals surface area (Å²) < 4.78 is 3.08. The molecule has 0 amide bonds. The van der Waals surface area contributed by atoms with Crippen molar-refractivity contribution in [1.29, 1.82) is 0 Å². The Kier molecular flexibility index (Phi) is 3.28. The van der Waals surface area contributed by atoms with Gasteiger partial charge in [0.2, 0.25) is 0 Å². The minimum absolute atomic E-state index is 1.01. The number of rotatable bonds is 2. The van der Waals surface area contributed by atoms with E-state index in [0.717, 1.165) is 32.3 Å². The van der Waals surface area contributed by atoms with E-state index in [-0.39, 0.29) is 0 Å². The molecule has 106 valence electrons. The Morgan fingerprint density at radius 1 is 0.727 bits per heavy atom. The van der Waals surface area contributed by atoms with Gasteiger partial charge in [-0.25, -0.2) is 4.68 Å². The zero-order chi connectivity index (χ0) is 14.9. The Morgan fingerprint density at radius 3 is 2.18 bits per heavy atom. The maximum atomic E-state index is 4.86. The van der Waals surface area contributed by atoms with Crippen LogP contribution < -0.4 is 0 Å². The van der Waals surface area contributed by atoms with Gasteiger partial charge in [-0.05, 0) is 30.3 Å². The standard InChI is InChI=1S/C19H13BrN2/c20-15-12-10-14(11-13-15)19-17-8-4-5-9-18(17)22(21-19)16-6-2-1-3-7-16/h1-13H. The van der Waals surface area contributed by atoms with Gasteiger partial charge >= 0.3 is 0 Å². The normalized spacial score (nSPS) is 11.0. The fraction of sp³-hybridized carbons (Fsp3) is 0. The molecule has 2 nitrogen and oxygen atoms in total. The maximum Gasteiger partial charge on any atom is 0.101 e. The number of hydrogen-bond acceptors (Lipinski definition) is 1. The highest BCUT2D eigenvalue weighted by Gasteiger charge is 2.12. The van der Waals surface area contributed by atoms with Crippen molar-refractivity contribution in [3.8, 4) is 16.9 Å². The predicted molar refractivity (Wildman–Crippen MR) is 94.2 cm³/mol. The Hall–Kier alpha value is -2.39. The number of aromatic nitrogens is 2. The number of halogens is 1. The third-order valence-electron chi connectivity index (χ3n) is 3.71. The van der Waals surface area contributed by atoms with Crippen LogP contribution >= 0.6 is 15.9 Å². The van der Waals surface area contributed by atoms with Crippen molar-refractivity contribution in [1.82, 2.24) is 9.78 Å². The molecule has 0 saturated heterocycles. The zero-order valence-electron chi connectivity index (χ0n) is 11.8. The maximum absolute atomic E-state index is 4.86. The minimum Gasteiger partial charge on any atom is -0.232 e. The summed E-state index contributed by atoms with van der Waals surface area (Å²) >= 11 is 3.48. The average Bonchev–Trinajstić information content (AvgIpc) is 2.96. The first-order chi connectivity index (χ1) is 10.8. The second kappa shape index (κ2) is 5.43. The Bertz CT molecular complexity index is 925. The van der Waals surface area contributed by atoms with E-state index in [4.69, 9.17) is 5.10 Å². The smallest absolute Gasteiger partial charge is 0.101 e. The summed E-state index contributed by atoms with van der Waals surface area (Å²) in [6.07, 6.45) is 0. The third-order valence-corrected chi connectivity index (χ3v) is 4.23. The lowest BCUT2D eigenvalue weighted by atomic mass is 10.1. The van der Waals surface area contributed by atoms with E-state index < -0.39 is 0 Å². The van der Waals surface area contributed by atoms with Crippen LogP contribution in [-0.2, 0) is 0 Å². The van der Waals surface area contributed by atoms with Crippen molar-refractivity contribution >= 4 is 26.8 Å². The SMILES string of the molecule is Brc1ccc(-c2nn(-c3ccccc3)c3ccccc23)cc1. The van der Waals surface area contributed by atoms with Crippen molar-refractivity contribution in [2.45, 2.75) is 0 Å². The van der Waals surface area contributed by atoms with Crippen molar-refractivity contribution < 1.29 is 0 Å². The lowest BCUT2D eigenvalue weighted by molar-refractivity contribution is 0.915. The van der Waals surface area contributed by atoms with Crippen LogP contribution in [0, 0.1) is 0 Å². The summed E-state index contributed by atoms with van der Waals surface area (Å²) in [5, 5.41) is 6.02. The van der Waals surface area contributed by atoms with Gasteiger partial charge in [0.25, 0.3) is 0 Å². The molecule has 4 aromatic rings. The van der Waals surface area contributed by atoms with Crippen LogP contribution in [0.25, 0.3) is 27.8 Å².